The number of aliphatic imine (C=N–C) groups is 3. The van der Waals surface area contributed by atoms with Crippen molar-refractivity contribution in [3.63, 3.8) is 0 Å². The first-order chi connectivity index (χ1) is 23.8. The highest BCUT2D eigenvalue weighted by atomic mass is 14.9. The maximum Gasteiger partial charge on any atom is 0.116 e. The van der Waals surface area contributed by atoms with Gasteiger partial charge in [0.25, 0.3) is 0 Å². The highest BCUT2D eigenvalue weighted by Gasteiger charge is 2.24. The first-order valence-corrected chi connectivity index (χ1v) is 15.8. The number of benzene rings is 2. The molecule has 0 N–H and O–H groups in total. The van der Waals surface area contributed by atoms with Gasteiger partial charge in [-0.05, 0) is 67.1 Å². The van der Waals surface area contributed by atoms with Gasteiger partial charge in [0.05, 0.1) is 28.1 Å². The molecule has 0 saturated carbocycles. The van der Waals surface area contributed by atoms with Crippen molar-refractivity contribution in [3.8, 4) is 11.3 Å². The number of nitrogens with zero attached hydrogens (tertiary/aromatic N) is 8. The van der Waals surface area contributed by atoms with E-state index in [9.17, 15) is 0 Å². The van der Waals surface area contributed by atoms with Gasteiger partial charge < -0.3 is 0 Å². The van der Waals surface area contributed by atoms with E-state index in [4.69, 9.17) is 29.9 Å². The number of hydrogen-bond donors (Lipinski definition) is 0. The number of fused-ring (bicyclic) bond motifs is 4. The Balaban J connectivity index is 1.27. The molecule has 9 rings (SSSR count). The molecule has 226 valence electrons. The van der Waals surface area contributed by atoms with Crippen molar-refractivity contribution in [2.24, 2.45) is 15.0 Å². The Bertz CT molecular complexity index is 2460. The van der Waals surface area contributed by atoms with Gasteiger partial charge in [-0.25, -0.2) is 20.0 Å². The fourth-order valence-corrected chi connectivity index (χ4v) is 6.16. The monoisotopic (exact) mass is 618 g/mol. The molecule has 0 amide bonds. The molecule has 8 heteroatoms. The summed E-state index contributed by atoms with van der Waals surface area (Å²) >= 11 is 0. The lowest BCUT2D eigenvalue weighted by atomic mass is 9.97. The van der Waals surface area contributed by atoms with Gasteiger partial charge in [-0.15, -0.1) is 0 Å². The average molecular weight is 619 g/mol. The SMILES string of the molecule is C1=CC(c2ccc(C3=Nc4cc5ccccc5nc4C(c4ccc(-c5ccncc5)nc4)=Nc4cc5ccccc5nc43)cn2)CC=N1. The second-order valence-corrected chi connectivity index (χ2v) is 11.7. The summed E-state index contributed by atoms with van der Waals surface area (Å²) in [7, 11) is 0. The van der Waals surface area contributed by atoms with Gasteiger partial charge in [0.2, 0.25) is 0 Å². The predicted octanol–water partition coefficient (Wildman–Crippen LogP) is 8.36. The van der Waals surface area contributed by atoms with E-state index >= 15 is 0 Å². The van der Waals surface area contributed by atoms with Gasteiger partial charge >= 0.3 is 0 Å². The Morgan fingerprint density at radius 2 is 1.21 bits per heavy atom. The fraction of sp³-hybridized carbons (Fsp3) is 0.0500. The van der Waals surface area contributed by atoms with Gasteiger partial charge in [-0.3, -0.25) is 19.9 Å². The minimum absolute atomic E-state index is 0.187. The third-order valence-corrected chi connectivity index (χ3v) is 8.64. The van der Waals surface area contributed by atoms with Gasteiger partial charge in [0.15, 0.2) is 0 Å². The molecule has 2 aliphatic heterocycles. The molecule has 2 aliphatic rings. The van der Waals surface area contributed by atoms with E-state index in [1.807, 2.05) is 85.5 Å². The largest absolute Gasteiger partial charge is 0.269 e. The number of pyridine rings is 5. The number of aromatic nitrogens is 5. The molecule has 0 saturated heterocycles. The summed E-state index contributed by atoms with van der Waals surface area (Å²) in [5.74, 6) is 0.187. The number of hydrogen-bond acceptors (Lipinski definition) is 8. The molecular formula is C40H26N8. The molecule has 7 aromatic rings. The summed E-state index contributed by atoms with van der Waals surface area (Å²) in [4.78, 5) is 39.1. The zero-order valence-electron chi connectivity index (χ0n) is 25.6. The second-order valence-electron chi connectivity index (χ2n) is 11.7. The quantitative estimate of drug-likeness (QED) is 0.197. The molecule has 2 aromatic carbocycles. The first-order valence-electron chi connectivity index (χ1n) is 15.8. The minimum atomic E-state index is 0.187. The molecule has 0 fully saturated rings. The lowest BCUT2D eigenvalue weighted by Crippen LogP contribution is -2.14. The summed E-state index contributed by atoms with van der Waals surface area (Å²) < 4.78 is 0. The standard InChI is InChI=1S/C40H26N8/c1-3-7-33-27(5-1)21-35-39(45-33)37(29-9-11-31(43-23-29)25-13-17-41-18-14-25)48-36-22-28-6-2-4-8-34(28)46-40(36)38(47-35)30-10-12-32(44-24-30)26-15-19-42-20-16-26/h1-15,17-24,26H,16H2. The molecule has 0 spiro atoms. The predicted molar refractivity (Wildman–Crippen MR) is 191 cm³/mol. The Kier molecular flexibility index (Phi) is 6.75. The molecule has 48 heavy (non-hydrogen) atoms. The van der Waals surface area contributed by atoms with Gasteiger partial charge in [-0.1, -0.05) is 42.5 Å². The van der Waals surface area contributed by atoms with Gasteiger partial charge in [0, 0.05) is 76.3 Å². The van der Waals surface area contributed by atoms with Crippen LogP contribution in [0.3, 0.4) is 0 Å². The van der Waals surface area contributed by atoms with E-state index in [1.54, 1.807) is 12.4 Å². The lowest BCUT2D eigenvalue weighted by molar-refractivity contribution is 0.843. The van der Waals surface area contributed by atoms with Gasteiger partial charge in [-0.2, -0.15) is 0 Å². The van der Waals surface area contributed by atoms with E-state index in [0.29, 0.717) is 34.2 Å². The van der Waals surface area contributed by atoms with Crippen molar-refractivity contribution in [1.29, 1.82) is 0 Å². The Labute approximate surface area is 276 Å². The van der Waals surface area contributed by atoms with Gasteiger partial charge in [0.1, 0.15) is 22.8 Å². The van der Waals surface area contributed by atoms with E-state index in [-0.39, 0.29) is 5.92 Å². The average Bonchev–Trinajstić information content (AvgIpc) is 3.16. The number of rotatable bonds is 4. The molecule has 0 aliphatic carbocycles. The summed E-state index contributed by atoms with van der Waals surface area (Å²) in [6.07, 6.45) is 13.9. The third kappa shape index (κ3) is 5.05. The highest BCUT2D eigenvalue weighted by Crippen LogP contribution is 2.35. The fourth-order valence-electron chi connectivity index (χ4n) is 6.16. The molecular weight excluding hydrogens is 592 g/mol. The zero-order valence-corrected chi connectivity index (χ0v) is 25.6. The Morgan fingerprint density at radius 3 is 1.77 bits per heavy atom. The third-order valence-electron chi connectivity index (χ3n) is 8.64. The molecule has 0 bridgehead atoms. The zero-order chi connectivity index (χ0) is 31.9. The minimum Gasteiger partial charge on any atom is -0.269 e. The summed E-state index contributed by atoms with van der Waals surface area (Å²) in [5, 5.41) is 1.97. The summed E-state index contributed by atoms with van der Waals surface area (Å²) in [6.45, 7) is 0. The Hall–Kier alpha value is -6.54. The van der Waals surface area contributed by atoms with Crippen LogP contribution in [0.5, 0.6) is 0 Å². The molecule has 0 radical (unpaired) electrons. The van der Waals surface area contributed by atoms with Crippen LogP contribution in [0.2, 0.25) is 0 Å². The smallest absolute Gasteiger partial charge is 0.116 e. The molecule has 7 heterocycles. The van der Waals surface area contributed by atoms with Crippen LogP contribution in [0, 0.1) is 0 Å². The number of para-hydroxylation sites is 2. The summed E-state index contributed by atoms with van der Waals surface area (Å²) in [6, 6.07) is 32.4. The van der Waals surface area contributed by atoms with Crippen molar-refractivity contribution >= 4 is 50.8 Å². The van der Waals surface area contributed by atoms with Crippen LogP contribution in [0.15, 0.2) is 149 Å². The normalized spacial score (nSPS) is 15.3. The van der Waals surface area contributed by atoms with Crippen LogP contribution in [0.1, 0.15) is 40.5 Å². The molecule has 1 unspecified atom stereocenters. The molecule has 5 aromatic heterocycles. The van der Waals surface area contributed by atoms with Crippen molar-refractivity contribution in [1.82, 2.24) is 24.9 Å². The van der Waals surface area contributed by atoms with Crippen molar-refractivity contribution in [3.05, 3.63) is 162 Å². The van der Waals surface area contributed by atoms with Crippen LogP contribution in [-0.4, -0.2) is 42.6 Å². The van der Waals surface area contributed by atoms with Crippen molar-refractivity contribution in [2.45, 2.75) is 12.3 Å². The highest BCUT2D eigenvalue weighted by molar-refractivity contribution is 6.22. The summed E-state index contributed by atoms with van der Waals surface area (Å²) in [5.41, 5.74) is 10.3. The van der Waals surface area contributed by atoms with E-state index < -0.39 is 0 Å². The lowest BCUT2D eigenvalue weighted by Gasteiger charge is -2.18. The second kappa shape index (κ2) is 11.7. The molecule has 1 atom stereocenters. The maximum absolute atomic E-state index is 5.36. The number of allylic oxidation sites excluding steroid dienone is 1. The first kappa shape index (κ1) is 27.7. The Morgan fingerprint density at radius 1 is 0.583 bits per heavy atom. The van der Waals surface area contributed by atoms with Crippen LogP contribution in [0.4, 0.5) is 11.4 Å². The van der Waals surface area contributed by atoms with E-state index in [2.05, 4.69) is 52.5 Å². The van der Waals surface area contributed by atoms with E-state index in [0.717, 1.165) is 56.3 Å². The van der Waals surface area contributed by atoms with Crippen LogP contribution >= 0.6 is 0 Å². The van der Waals surface area contributed by atoms with E-state index in [1.165, 1.54) is 0 Å². The van der Waals surface area contributed by atoms with Crippen molar-refractivity contribution in [2.75, 3.05) is 0 Å². The van der Waals surface area contributed by atoms with Crippen molar-refractivity contribution < 1.29 is 0 Å². The topological polar surface area (TPSA) is 102 Å². The molecule has 8 nitrogen and oxygen atoms in total. The van der Waals surface area contributed by atoms with Crippen LogP contribution in [0.25, 0.3) is 33.1 Å². The van der Waals surface area contributed by atoms with Crippen LogP contribution in [-0.2, 0) is 0 Å². The maximum atomic E-state index is 5.36. The van der Waals surface area contributed by atoms with Crippen LogP contribution < -0.4 is 0 Å².